The number of carbonyl (C=O) groups is 2. The highest BCUT2D eigenvalue weighted by Crippen LogP contribution is 2.63. The van der Waals surface area contributed by atoms with Gasteiger partial charge in [-0.15, -0.1) is 11.8 Å². The number of fused-ring (bicyclic) bond motifs is 2. The summed E-state index contributed by atoms with van der Waals surface area (Å²) >= 11 is 7.09. The topological polar surface area (TPSA) is 70.6 Å². The minimum absolute atomic E-state index is 0.0799. The van der Waals surface area contributed by atoms with Gasteiger partial charge in [-0.05, 0) is 54.9 Å². The normalized spacial score (nSPS) is 27.0. The van der Waals surface area contributed by atoms with Crippen LogP contribution >= 0.6 is 23.4 Å². The zero-order valence-corrected chi connectivity index (χ0v) is 17.5. The highest BCUT2D eigenvalue weighted by atomic mass is 35.5. The van der Waals surface area contributed by atoms with Gasteiger partial charge in [0.15, 0.2) is 0 Å². The standard InChI is InChI=1S/C20H26ClN3O2S/c1-19(2)13-8-9-20(19,3)16(10-13)23-24-18(26)12-27-11-17(25)22-15-6-4-14(21)5-7-15/h4-7,13H,8-12H2,1-3H3,(H,22,25)(H,24,26)/b23-16+/t13-,20-/m1/s1. The van der Waals surface area contributed by atoms with Crippen molar-refractivity contribution in [1.29, 1.82) is 0 Å². The van der Waals surface area contributed by atoms with E-state index in [1.807, 2.05) is 0 Å². The fourth-order valence-electron chi connectivity index (χ4n) is 4.23. The largest absolute Gasteiger partial charge is 0.325 e. The molecule has 2 saturated carbocycles. The van der Waals surface area contributed by atoms with Crippen LogP contribution in [0.1, 0.15) is 40.0 Å². The van der Waals surface area contributed by atoms with E-state index in [1.165, 1.54) is 18.2 Å². The number of anilines is 1. The average Bonchev–Trinajstić information content (AvgIpc) is 2.95. The Hall–Kier alpha value is -1.53. The Morgan fingerprint density at radius 1 is 1.19 bits per heavy atom. The average molecular weight is 408 g/mol. The molecule has 2 N–H and O–H groups in total. The van der Waals surface area contributed by atoms with E-state index in [0.717, 1.165) is 18.6 Å². The third-order valence-electron chi connectivity index (χ3n) is 6.42. The van der Waals surface area contributed by atoms with E-state index in [-0.39, 0.29) is 34.2 Å². The summed E-state index contributed by atoms with van der Waals surface area (Å²) in [5.41, 5.74) is 4.81. The lowest BCUT2D eigenvalue weighted by Gasteiger charge is -2.34. The molecule has 5 nitrogen and oxygen atoms in total. The van der Waals surface area contributed by atoms with Crippen LogP contribution in [-0.4, -0.2) is 29.0 Å². The molecule has 27 heavy (non-hydrogen) atoms. The first-order valence-corrected chi connectivity index (χ1v) is 10.7. The zero-order chi connectivity index (χ0) is 19.7. The number of amides is 2. The predicted molar refractivity (Wildman–Crippen MR) is 112 cm³/mol. The summed E-state index contributed by atoms with van der Waals surface area (Å²) in [7, 11) is 0. The zero-order valence-electron chi connectivity index (χ0n) is 16.0. The van der Waals surface area contributed by atoms with E-state index in [4.69, 9.17) is 11.6 Å². The van der Waals surface area contributed by atoms with Gasteiger partial charge in [0.2, 0.25) is 11.8 Å². The summed E-state index contributed by atoms with van der Waals surface area (Å²) in [5, 5.41) is 7.83. The minimum Gasteiger partial charge on any atom is -0.325 e. The van der Waals surface area contributed by atoms with Crippen molar-refractivity contribution in [1.82, 2.24) is 5.43 Å². The van der Waals surface area contributed by atoms with E-state index < -0.39 is 0 Å². The SMILES string of the molecule is CC1(C)[C@@H]2CC[C@]1(C)/C(=N/NC(=O)CSCC(=O)Nc1ccc(Cl)cc1)C2. The molecule has 7 heteroatoms. The number of halogens is 1. The van der Waals surface area contributed by atoms with Gasteiger partial charge in [0.25, 0.3) is 0 Å². The van der Waals surface area contributed by atoms with Crippen LogP contribution in [0.3, 0.4) is 0 Å². The molecular formula is C20H26ClN3O2S. The molecule has 0 unspecified atom stereocenters. The van der Waals surface area contributed by atoms with Gasteiger partial charge in [0, 0.05) is 21.8 Å². The molecule has 1 aromatic rings. The van der Waals surface area contributed by atoms with Crippen LogP contribution in [0.5, 0.6) is 0 Å². The first kappa shape index (κ1) is 20.2. The lowest BCUT2D eigenvalue weighted by atomic mass is 9.70. The number of carbonyl (C=O) groups excluding carboxylic acids is 2. The number of nitrogens with one attached hydrogen (secondary N) is 2. The van der Waals surface area contributed by atoms with E-state index in [0.29, 0.717) is 16.6 Å². The molecule has 0 aromatic heterocycles. The molecule has 3 rings (SSSR count). The molecule has 0 spiro atoms. The summed E-state index contributed by atoms with van der Waals surface area (Å²) in [5.74, 6) is 0.747. The number of thioether (sulfide) groups is 1. The summed E-state index contributed by atoms with van der Waals surface area (Å²) in [6.07, 6.45) is 3.36. The number of hydrogen-bond donors (Lipinski definition) is 2. The van der Waals surface area contributed by atoms with Crippen molar-refractivity contribution < 1.29 is 9.59 Å². The van der Waals surface area contributed by atoms with Gasteiger partial charge >= 0.3 is 0 Å². The maximum absolute atomic E-state index is 12.1. The van der Waals surface area contributed by atoms with E-state index in [2.05, 4.69) is 36.6 Å². The molecule has 2 amide bonds. The Balaban J connectivity index is 1.41. The van der Waals surface area contributed by atoms with Gasteiger partial charge in [-0.25, -0.2) is 5.43 Å². The molecule has 2 aliphatic rings. The lowest BCUT2D eigenvalue weighted by Crippen LogP contribution is -2.34. The van der Waals surface area contributed by atoms with Crippen molar-refractivity contribution >= 4 is 46.6 Å². The van der Waals surface area contributed by atoms with Crippen LogP contribution in [0.2, 0.25) is 5.02 Å². The maximum Gasteiger partial charge on any atom is 0.250 e. The summed E-state index contributed by atoms with van der Waals surface area (Å²) in [6.45, 7) is 6.88. The minimum atomic E-state index is -0.170. The van der Waals surface area contributed by atoms with Gasteiger partial charge < -0.3 is 5.32 Å². The number of rotatable bonds is 6. The second-order valence-electron chi connectivity index (χ2n) is 8.13. The molecule has 2 fully saturated rings. The van der Waals surface area contributed by atoms with Crippen LogP contribution in [0.25, 0.3) is 0 Å². The summed E-state index contributed by atoms with van der Waals surface area (Å²) in [6, 6.07) is 6.92. The van der Waals surface area contributed by atoms with Crippen molar-refractivity contribution in [2.24, 2.45) is 21.8 Å². The van der Waals surface area contributed by atoms with Crippen LogP contribution in [0.15, 0.2) is 29.4 Å². The first-order valence-electron chi connectivity index (χ1n) is 9.21. The van der Waals surface area contributed by atoms with E-state index >= 15 is 0 Å². The van der Waals surface area contributed by atoms with Gasteiger partial charge in [-0.1, -0.05) is 32.4 Å². The van der Waals surface area contributed by atoms with Gasteiger partial charge in [0.05, 0.1) is 11.5 Å². The Kier molecular flexibility index (Phi) is 5.87. The van der Waals surface area contributed by atoms with Crippen LogP contribution in [0.4, 0.5) is 5.69 Å². The Morgan fingerprint density at radius 2 is 1.85 bits per heavy atom. The second-order valence-corrected chi connectivity index (χ2v) is 9.56. The molecule has 0 aliphatic heterocycles. The van der Waals surface area contributed by atoms with Gasteiger partial charge in [-0.2, -0.15) is 5.10 Å². The van der Waals surface area contributed by atoms with Crippen LogP contribution < -0.4 is 10.7 Å². The van der Waals surface area contributed by atoms with Crippen LogP contribution in [0, 0.1) is 16.7 Å². The number of nitrogens with zero attached hydrogens (tertiary/aromatic N) is 1. The highest BCUT2D eigenvalue weighted by Gasteiger charge is 2.59. The van der Waals surface area contributed by atoms with Crippen molar-refractivity contribution in [2.75, 3.05) is 16.8 Å². The summed E-state index contributed by atoms with van der Waals surface area (Å²) < 4.78 is 0. The molecule has 0 saturated heterocycles. The lowest BCUT2D eigenvalue weighted by molar-refractivity contribution is -0.118. The molecule has 2 bridgehead atoms. The monoisotopic (exact) mass is 407 g/mol. The molecular weight excluding hydrogens is 382 g/mol. The fourth-order valence-corrected chi connectivity index (χ4v) is 4.96. The predicted octanol–water partition coefficient (Wildman–Crippen LogP) is 4.33. The Bertz CT molecular complexity index is 763. The van der Waals surface area contributed by atoms with E-state index in [9.17, 15) is 9.59 Å². The molecule has 2 aliphatic carbocycles. The quantitative estimate of drug-likeness (QED) is 0.689. The number of hydrazone groups is 1. The smallest absolute Gasteiger partial charge is 0.250 e. The third-order valence-corrected chi connectivity index (χ3v) is 7.61. The number of hydrogen-bond acceptors (Lipinski definition) is 4. The molecule has 0 radical (unpaired) electrons. The van der Waals surface area contributed by atoms with Crippen molar-refractivity contribution in [3.05, 3.63) is 29.3 Å². The van der Waals surface area contributed by atoms with Gasteiger partial charge in [0.1, 0.15) is 0 Å². The molecule has 2 atom stereocenters. The summed E-state index contributed by atoms with van der Waals surface area (Å²) in [4.78, 5) is 24.0. The maximum atomic E-state index is 12.1. The fraction of sp³-hybridized carbons (Fsp3) is 0.550. The third kappa shape index (κ3) is 4.16. The molecule has 1 aromatic carbocycles. The first-order chi connectivity index (χ1) is 12.7. The van der Waals surface area contributed by atoms with Crippen LogP contribution in [-0.2, 0) is 9.59 Å². The van der Waals surface area contributed by atoms with Gasteiger partial charge in [-0.3, -0.25) is 9.59 Å². The van der Waals surface area contributed by atoms with Crippen molar-refractivity contribution in [3.8, 4) is 0 Å². The highest BCUT2D eigenvalue weighted by molar-refractivity contribution is 8.00. The Labute approximate surface area is 169 Å². The number of benzene rings is 1. The van der Waals surface area contributed by atoms with E-state index in [1.54, 1.807) is 24.3 Å². The van der Waals surface area contributed by atoms with Crippen molar-refractivity contribution in [3.63, 3.8) is 0 Å². The second kappa shape index (κ2) is 7.84. The Morgan fingerprint density at radius 3 is 2.44 bits per heavy atom. The molecule has 0 heterocycles. The molecule has 146 valence electrons. The van der Waals surface area contributed by atoms with Crippen molar-refractivity contribution in [2.45, 2.75) is 40.0 Å².